The molecule has 0 bridgehead atoms. The lowest BCUT2D eigenvalue weighted by Gasteiger charge is -2.40. The van der Waals surface area contributed by atoms with Crippen molar-refractivity contribution in [3.63, 3.8) is 0 Å². The molecule has 0 aromatic heterocycles. The smallest absolute Gasteiger partial charge is 0.245 e. The first kappa shape index (κ1) is 15.0. The third-order valence-electron chi connectivity index (χ3n) is 3.43. The van der Waals surface area contributed by atoms with Gasteiger partial charge in [-0.2, -0.15) is 0 Å². The number of hydrogen-bond donors (Lipinski definition) is 1. The van der Waals surface area contributed by atoms with Gasteiger partial charge in [0, 0.05) is 6.54 Å². The zero-order valence-corrected chi connectivity index (χ0v) is 12.2. The van der Waals surface area contributed by atoms with E-state index in [-0.39, 0.29) is 29.8 Å². The van der Waals surface area contributed by atoms with Crippen LogP contribution in [0.3, 0.4) is 0 Å². The van der Waals surface area contributed by atoms with Crippen LogP contribution >= 0.6 is 0 Å². The van der Waals surface area contributed by atoms with Crippen LogP contribution in [0.15, 0.2) is 0 Å². The van der Waals surface area contributed by atoms with Gasteiger partial charge in [-0.3, -0.25) is 9.59 Å². The molecule has 18 heavy (non-hydrogen) atoms. The van der Waals surface area contributed by atoms with Crippen LogP contribution in [0.1, 0.15) is 47.5 Å². The highest BCUT2D eigenvalue weighted by molar-refractivity contribution is 5.96. The molecule has 0 aromatic carbocycles. The molecule has 0 spiro atoms. The van der Waals surface area contributed by atoms with Crippen LogP contribution in [0.2, 0.25) is 0 Å². The van der Waals surface area contributed by atoms with Crippen molar-refractivity contribution in [2.24, 2.45) is 11.8 Å². The summed E-state index contributed by atoms with van der Waals surface area (Å²) < 4.78 is 0. The molecule has 1 aliphatic rings. The van der Waals surface area contributed by atoms with Crippen LogP contribution in [0.25, 0.3) is 0 Å². The summed E-state index contributed by atoms with van der Waals surface area (Å²) in [6.45, 7) is 10.8. The molecule has 0 radical (unpaired) electrons. The largest absolute Gasteiger partial charge is 0.343 e. The van der Waals surface area contributed by atoms with Crippen LogP contribution in [-0.2, 0) is 9.59 Å². The third-order valence-corrected chi connectivity index (χ3v) is 3.43. The van der Waals surface area contributed by atoms with Crippen LogP contribution in [-0.4, -0.2) is 35.3 Å². The summed E-state index contributed by atoms with van der Waals surface area (Å²) in [6.07, 6.45) is 2.05. The first-order chi connectivity index (χ1) is 8.34. The highest BCUT2D eigenvalue weighted by atomic mass is 16.2. The number of carbonyl (C=O) groups excluding carboxylic acids is 2. The minimum absolute atomic E-state index is 0.0124. The van der Waals surface area contributed by atoms with Gasteiger partial charge in [-0.1, -0.05) is 27.7 Å². The van der Waals surface area contributed by atoms with E-state index in [1.165, 1.54) is 0 Å². The van der Waals surface area contributed by atoms with Gasteiger partial charge in [-0.05, 0) is 31.6 Å². The summed E-state index contributed by atoms with van der Waals surface area (Å²) in [5, 5.41) is 2.76. The van der Waals surface area contributed by atoms with Crippen LogP contribution in [0, 0.1) is 11.8 Å². The summed E-state index contributed by atoms with van der Waals surface area (Å²) in [5.41, 5.74) is 0. The first-order valence-corrected chi connectivity index (χ1v) is 6.95. The first-order valence-electron chi connectivity index (χ1n) is 6.95. The van der Waals surface area contributed by atoms with E-state index in [2.05, 4.69) is 19.2 Å². The van der Waals surface area contributed by atoms with E-state index in [1.54, 1.807) is 11.8 Å². The van der Waals surface area contributed by atoms with Gasteiger partial charge in [0.1, 0.15) is 12.1 Å². The van der Waals surface area contributed by atoms with E-state index in [4.69, 9.17) is 0 Å². The second-order valence-electron chi connectivity index (χ2n) is 5.99. The van der Waals surface area contributed by atoms with E-state index in [0.717, 1.165) is 12.8 Å². The van der Waals surface area contributed by atoms with Gasteiger partial charge in [0.05, 0.1) is 0 Å². The zero-order chi connectivity index (χ0) is 13.9. The molecule has 0 saturated carbocycles. The Kier molecular flexibility index (Phi) is 5.17. The number of piperazine rings is 1. The second kappa shape index (κ2) is 6.21. The molecule has 104 valence electrons. The summed E-state index contributed by atoms with van der Waals surface area (Å²) in [4.78, 5) is 25.9. The van der Waals surface area contributed by atoms with Crippen molar-refractivity contribution in [3.05, 3.63) is 0 Å². The number of amides is 2. The standard InChI is InChI=1S/C14H26N2O2/c1-9(2)7-6-8-16-12(10(3)4)13(17)15-11(5)14(16)18/h9-12H,6-8H2,1-5H3,(H,15,17). The Hall–Kier alpha value is -1.06. The van der Waals surface area contributed by atoms with Crippen molar-refractivity contribution in [1.82, 2.24) is 10.2 Å². The molecular formula is C14H26N2O2. The number of nitrogens with zero attached hydrogens (tertiary/aromatic N) is 1. The SMILES string of the molecule is CC(C)CCCN1C(=O)C(C)NC(=O)C1C(C)C. The summed E-state index contributed by atoms with van der Waals surface area (Å²) in [6, 6.07) is -0.688. The van der Waals surface area contributed by atoms with Crippen molar-refractivity contribution in [1.29, 1.82) is 0 Å². The highest BCUT2D eigenvalue weighted by Crippen LogP contribution is 2.18. The molecule has 1 N–H and O–H groups in total. The van der Waals surface area contributed by atoms with Gasteiger partial charge in [0.15, 0.2) is 0 Å². The normalized spacial score (nSPS) is 24.9. The molecule has 1 aliphatic heterocycles. The molecule has 0 aromatic rings. The lowest BCUT2D eigenvalue weighted by atomic mass is 9.96. The van der Waals surface area contributed by atoms with Gasteiger partial charge < -0.3 is 10.2 Å². The van der Waals surface area contributed by atoms with Gasteiger partial charge in [-0.15, -0.1) is 0 Å². The fourth-order valence-electron chi connectivity index (χ4n) is 2.47. The maximum absolute atomic E-state index is 12.2. The average Bonchev–Trinajstić information content (AvgIpc) is 2.23. The maximum atomic E-state index is 12.2. The predicted octanol–water partition coefficient (Wildman–Crippen LogP) is 1.79. The van der Waals surface area contributed by atoms with E-state index in [9.17, 15) is 9.59 Å². The Bertz CT molecular complexity index is 313. The van der Waals surface area contributed by atoms with Gasteiger partial charge in [0.25, 0.3) is 0 Å². The predicted molar refractivity (Wildman–Crippen MR) is 72.0 cm³/mol. The van der Waals surface area contributed by atoms with Crippen molar-refractivity contribution in [2.75, 3.05) is 6.54 Å². The Morgan fingerprint density at radius 3 is 2.33 bits per heavy atom. The molecule has 2 unspecified atom stereocenters. The van der Waals surface area contributed by atoms with E-state index < -0.39 is 0 Å². The molecule has 4 heteroatoms. The Labute approximate surface area is 110 Å². The Morgan fingerprint density at radius 1 is 1.22 bits per heavy atom. The number of hydrogen-bond acceptors (Lipinski definition) is 2. The maximum Gasteiger partial charge on any atom is 0.245 e. The average molecular weight is 254 g/mol. The fraction of sp³-hybridized carbons (Fsp3) is 0.857. The van der Waals surface area contributed by atoms with Crippen LogP contribution < -0.4 is 5.32 Å². The van der Waals surface area contributed by atoms with Crippen LogP contribution in [0.5, 0.6) is 0 Å². The number of carbonyl (C=O) groups is 2. The van der Waals surface area contributed by atoms with Gasteiger partial charge >= 0.3 is 0 Å². The van der Waals surface area contributed by atoms with Crippen molar-refractivity contribution >= 4 is 11.8 Å². The highest BCUT2D eigenvalue weighted by Gasteiger charge is 2.39. The molecule has 0 aliphatic carbocycles. The molecule has 2 atom stereocenters. The van der Waals surface area contributed by atoms with Gasteiger partial charge in [0.2, 0.25) is 11.8 Å². The Morgan fingerprint density at radius 2 is 1.83 bits per heavy atom. The van der Waals surface area contributed by atoms with E-state index in [1.807, 2.05) is 13.8 Å². The minimum atomic E-state index is -0.383. The monoisotopic (exact) mass is 254 g/mol. The zero-order valence-electron chi connectivity index (χ0n) is 12.2. The summed E-state index contributed by atoms with van der Waals surface area (Å²) in [7, 11) is 0. The molecular weight excluding hydrogens is 228 g/mol. The van der Waals surface area contributed by atoms with Crippen molar-refractivity contribution in [3.8, 4) is 0 Å². The van der Waals surface area contributed by atoms with Crippen molar-refractivity contribution in [2.45, 2.75) is 59.5 Å². The summed E-state index contributed by atoms with van der Waals surface area (Å²) in [5.74, 6) is 0.827. The molecule has 1 fully saturated rings. The molecule has 4 nitrogen and oxygen atoms in total. The number of nitrogens with one attached hydrogen (secondary N) is 1. The molecule has 1 saturated heterocycles. The van der Waals surface area contributed by atoms with E-state index >= 15 is 0 Å². The third kappa shape index (κ3) is 3.47. The molecule has 1 heterocycles. The topological polar surface area (TPSA) is 49.4 Å². The summed E-state index contributed by atoms with van der Waals surface area (Å²) >= 11 is 0. The number of rotatable bonds is 5. The lowest BCUT2D eigenvalue weighted by Crippen LogP contribution is -2.64. The quantitative estimate of drug-likeness (QED) is 0.813. The van der Waals surface area contributed by atoms with Crippen LogP contribution in [0.4, 0.5) is 0 Å². The van der Waals surface area contributed by atoms with Gasteiger partial charge in [-0.25, -0.2) is 0 Å². The van der Waals surface area contributed by atoms with Crippen molar-refractivity contribution < 1.29 is 9.59 Å². The molecule has 1 rings (SSSR count). The Balaban J connectivity index is 2.72. The molecule has 2 amide bonds. The fourth-order valence-corrected chi connectivity index (χ4v) is 2.47. The minimum Gasteiger partial charge on any atom is -0.343 e. The van der Waals surface area contributed by atoms with E-state index in [0.29, 0.717) is 12.5 Å². The second-order valence-corrected chi connectivity index (χ2v) is 5.99. The lowest BCUT2D eigenvalue weighted by molar-refractivity contribution is -0.150.